The van der Waals surface area contributed by atoms with Gasteiger partial charge >= 0.3 is 12.4 Å². The van der Waals surface area contributed by atoms with Gasteiger partial charge in [0.15, 0.2) is 0 Å². The Balaban J connectivity index is 3.49. The molecule has 0 saturated heterocycles. The maximum atomic E-state index is 12.5. The maximum absolute atomic E-state index is 12.5. The lowest BCUT2D eigenvalue weighted by Gasteiger charge is -2.18. The van der Waals surface area contributed by atoms with Crippen LogP contribution in [-0.2, 0) is 17.7 Å². The number of alkyl halides is 7. The van der Waals surface area contributed by atoms with Gasteiger partial charge in [0.25, 0.3) is 0 Å². The monoisotopic (exact) mass is 320 g/mol. The lowest BCUT2D eigenvalue weighted by atomic mass is 9.97. The van der Waals surface area contributed by atoms with Gasteiger partial charge in [0.2, 0.25) is 0 Å². The van der Waals surface area contributed by atoms with Gasteiger partial charge in [0.05, 0.1) is 11.1 Å². The number of halogens is 7. The highest BCUT2D eigenvalue weighted by molar-refractivity contribution is 9.08. The predicted octanol–water partition coefficient (Wildman–Crippen LogP) is 4.93. The molecule has 17 heavy (non-hydrogen) atoms. The molecule has 0 radical (unpaired) electrons. The van der Waals surface area contributed by atoms with E-state index in [0.29, 0.717) is 12.1 Å². The van der Waals surface area contributed by atoms with Crippen LogP contribution < -0.4 is 0 Å². The van der Waals surface area contributed by atoms with Gasteiger partial charge in [-0.3, -0.25) is 0 Å². The summed E-state index contributed by atoms with van der Waals surface area (Å²) in [6.45, 7) is 1.04. The van der Waals surface area contributed by atoms with Gasteiger partial charge in [-0.2, -0.15) is 26.3 Å². The second kappa shape index (κ2) is 4.51. The fourth-order valence-electron chi connectivity index (χ4n) is 1.50. The molecule has 0 aliphatic heterocycles. The van der Waals surface area contributed by atoms with Crippen molar-refractivity contribution in [3.63, 3.8) is 0 Å². The number of hydrogen-bond acceptors (Lipinski definition) is 0. The van der Waals surface area contributed by atoms with Crippen molar-refractivity contribution in [1.29, 1.82) is 0 Å². The Labute approximate surface area is 102 Å². The molecule has 96 valence electrons. The van der Waals surface area contributed by atoms with Gasteiger partial charge in [-0.15, -0.1) is 0 Å². The molecular formula is C10H7BrF6. The third-order valence-electron chi connectivity index (χ3n) is 2.34. The Morgan fingerprint density at radius 1 is 0.941 bits per heavy atom. The molecule has 0 atom stereocenters. The van der Waals surface area contributed by atoms with Gasteiger partial charge in [0, 0.05) is 5.33 Å². The van der Waals surface area contributed by atoms with Crippen LogP contribution in [0.2, 0.25) is 0 Å². The van der Waals surface area contributed by atoms with Crippen LogP contribution in [0.1, 0.15) is 22.3 Å². The Morgan fingerprint density at radius 2 is 1.35 bits per heavy atom. The van der Waals surface area contributed by atoms with Crippen LogP contribution in [0.5, 0.6) is 0 Å². The van der Waals surface area contributed by atoms with E-state index in [-0.39, 0.29) is 10.9 Å². The first-order chi connectivity index (χ1) is 7.59. The molecule has 0 unspecified atom stereocenters. The molecule has 0 aliphatic rings. The topological polar surface area (TPSA) is 0 Å². The largest absolute Gasteiger partial charge is 0.416 e. The molecule has 0 saturated carbocycles. The van der Waals surface area contributed by atoms with Gasteiger partial charge < -0.3 is 0 Å². The Morgan fingerprint density at radius 3 is 1.71 bits per heavy atom. The summed E-state index contributed by atoms with van der Waals surface area (Å²) in [7, 11) is 0. The smallest absolute Gasteiger partial charge is 0.166 e. The summed E-state index contributed by atoms with van der Waals surface area (Å²) in [5.74, 6) is 0. The van der Waals surface area contributed by atoms with E-state index in [4.69, 9.17) is 0 Å². The average Bonchev–Trinajstić information content (AvgIpc) is 2.13. The van der Waals surface area contributed by atoms with E-state index in [2.05, 4.69) is 15.9 Å². The van der Waals surface area contributed by atoms with Crippen LogP contribution >= 0.6 is 15.9 Å². The molecule has 0 aromatic heterocycles. The van der Waals surface area contributed by atoms with Crippen molar-refractivity contribution < 1.29 is 26.3 Å². The maximum Gasteiger partial charge on any atom is 0.416 e. The van der Waals surface area contributed by atoms with E-state index >= 15 is 0 Å². The fourth-order valence-corrected chi connectivity index (χ4v) is 2.22. The zero-order chi connectivity index (χ0) is 13.4. The second-order valence-electron chi connectivity index (χ2n) is 3.39. The van der Waals surface area contributed by atoms with E-state index in [1.54, 1.807) is 0 Å². The molecule has 0 bridgehead atoms. The first-order valence-corrected chi connectivity index (χ1v) is 5.54. The second-order valence-corrected chi connectivity index (χ2v) is 3.95. The number of hydrogen-bond donors (Lipinski definition) is 0. The molecule has 0 spiro atoms. The van der Waals surface area contributed by atoms with Crippen molar-refractivity contribution in [3.8, 4) is 0 Å². The molecule has 0 heterocycles. The summed E-state index contributed by atoms with van der Waals surface area (Å²) in [4.78, 5) is 0. The third-order valence-corrected chi connectivity index (χ3v) is 2.90. The normalized spacial score (nSPS) is 12.9. The Bertz CT molecular complexity index is 418. The molecule has 0 N–H and O–H groups in total. The van der Waals surface area contributed by atoms with Crippen molar-refractivity contribution in [2.45, 2.75) is 24.6 Å². The summed E-state index contributed by atoms with van der Waals surface area (Å²) in [5.41, 5.74) is -2.86. The summed E-state index contributed by atoms with van der Waals surface area (Å²) in [6, 6.07) is 0.927. The third kappa shape index (κ3) is 2.94. The molecule has 0 fully saturated rings. The van der Waals surface area contributed by atoms with E-state index < -0.39 is 29.0 Å². The van der Waals surface area contributed by atoms with Crippen LogP contribution in [0.3, 0.4) is 0 Å². The standard InChI is InChI=1S/C10H7BrF6/c1-5-6(4-11)8(10(15,16)17)3-2-7(5)9(12,13)14/h2-3H,4H2,1H3. The molecule has 0 nitrogen and oxygen atoms in total. The van der Waals surface area contributed by atoms with Gasteiger partial charge in [0.1, 0.15) is 0 Å². The summed E-state index contributed by atoms with van der Waals surface area (Å²) < 4.78 is 75.1. The van der Waals surface area contributed by atoms with Gasteiger partial charge in [-0.1, -0.05) is 15.9 Å². The Hall–Kier alpha value is -0.720. The summed E-state index contributed by atoms with van der Waals surface area (Å²) >= 11 is 2.79. The number of benzene rings is 1. The van der Waals surface area contributed by atoms with Crippen molar-refractivity contribution in [1.82, 2.24) is 0 Å². The Kier molecular flexibility index (Phi) is 3.81. The minimum atomic E-state index is -4.65. The SMILES string of the molecule is Cc1c(C(F)(F)F)ccc(C(F)(F)F)c1CBr. The van der Waals surface area contributed by atoms with Crippen molar-refractivity contribution >= 4 is 15.9 Å². The van der Waals surface area contributed by atoms with E-state index in [1.807, 2.05) is 0 Å². The van der Waals surface area contributed by atoms with Gasteiger partial charge in [-0.25, -0.2) is 0 Å². The quantitative estimate of drug-likeness (QED) is 0.508. The zero-order valence-corrected chi connectivity index (χ0v) is 10.1. The lowest BCUT2D eigenvalue weighted by Crippen LogP contribution is -2.14. The highest BCUT2D eigenvalue weighted by atomic mass is 79.9. The van der Waals surface area contributed by atoms with Crippen LogP contribution in [0, 0.1) is 6.92 Å². The highest BCUT2D eigenvalue weighted by Crippen LogP contribution is 2.39. The zero-order valence-electron chi connectivity index (χ0n) is 8.51. The average molecular weight is 321 g/mol. The van der Waals surface area contributed by atoms with E-state index in [1.165, 1.54) is 0 Å². The molecule has 7 heteroatoms. The van der Waals surface area contributed by atoms with Crippen molar-refractivity contribution in [2.75, 3.05) is 0 Å². The summed E-state index contributed by atoms with van der Waals surface area (Å²) in [5, 5.41) is -0.280. The van der Waals surface area contributed by atoms with Crippen LogP contribution in [0.25, 0.3) is 0 Å². The van der Waals surface area contributed by atoms with Crippen molar-refractivity contribution in [3.05, 3.63) is 34.4 Å². The fraction of sp³-hybridized carbons (Fsp3) is 0.400. The van der Waals surface area contributed by atoms with Crippen molar-refractivity contribution in [2.24, 2.45) is 0 Å². The van der Waals surface area contributed by atoms with Crippen LogP contribution in [0.4, 0.5) is 26.3 Å². The van der Waals surface area contributed by atoms with Crippen LogP contribution in [0.15, 0.2) is 12.1 Å². The molecule has 0 aliphatic carbocycles. The lowest BCUT2D eigenvalue weighted by molar-refractivity contribution is -0.142. The van der Waals surface area contributed by atoms with E-state index in [9.17, 15) is 26.3 Å². The molecule has 0 amide bonds. The highest BCUT2D eigenvalue weighted by Gasteiger charge is 2.38. The van der Waals surface area contributed by atoms with Gasteiger partial charge in [-0.05, 0) is 30.2 Å². The van der Waals surface area contributed by atoms with Crippen LogP contribution in [-0.4, -0.2) is 0 Å². The minimum Gasteiger partial charge on any atom is -0.166 e. The minimum absolute atomic E-state index is 0.280. The number of rotatable bonds is 1. The molecule has 1 aromatic rings. The predicted molar refractivity (Wildman–Crippen MR) is 53.8 cm³/mol. The first-order valence-electron chi connectivity index (χ1n) is 4.42. The molecule has 1 rings (SSSR count). The molecular weight excluding hydrogens is 314 g/mol. The molecule has 1 aromatic carbocycles. The first kappa shape index (κ1) is 14.3. The summed E-state index contributed by atoms with van der Waals surface area (Å²) in [6.07, 6.45) is -9.30. The van der Waals surface area contributed by atoms with E-state index in [0.717, 1.165) is 6.92 Å².